The van der Waals surface area contributed by atoms with Gasteiger partial charge in [-0.3, -0.25) is 0 Å². The van der Waals surface area contributed by atoms with Crippen LogP contribution in [-0.2, 0) is 0 Å². The van der Waals surface area contributed by atoms with E-state index in [0.29, 0.717) is 39.0 Å². The minimum absolute atomic E-state index is 0.139. The first kappa shape index (κ1) is 20.7. The second-order valence-electron chi connectivity index (χ2n) is 12.2. The van der Waals surface area contributed by atoms with Crippen molar-refractivity contribution < 1.29 is 15.4 Å². The molecule has 49 heavy (non-hydrogen) atoms. The van der Waals surface area contributed by atoms with Gasteiger partial charge in [0.1, 0.15) is 11.3 Å². The highest BCUT2D eigenvalue weighted by molar-refractivity contribution is 6.25. The van der Waals surface area contributed by atoms with Crippen molar-refractivity contribution >= 4 is 54.1 Å². The van der Waals surface area contributed by atoms with Gasteiger partial charge in [0.25, 0.3) is 0 Å². The van der Waals surface area contributed by atoms with Gasteiger partial charge in [0.2, 0.25) is 0 Å². The van der Waals surface area contributed by atoms with E-state index in [1.54, 1.807) is 24.3 Å². The molecule has 0 radical (unpaired) electrons. The second kappa shape index (κ2) is 11.1. The molecule has 9 aromatic carbocycles. The van der Waals surface area contributed by atoms with Gasteiger partial charge in [-0.15, -0.1) is 0 Å². The summed E-state index contributed by atoms with van der Waals surface area (Å²) >= 11 is 0. The molecule has 0 spiro atoms. The van der Waals surface area contributed by atoms with E-state index in [2.05, 4.69) is 30.3 Å². The first-order valence-corrected chi connectivity index (χ1v) is 16.2. The monoisotopic (exact) mass is 630 g/mol. The Labute approximate surface area is 295 Å². The summed E-state index contributed by atoms with van der Waals surface area (Å²) in [4.78, 5) is 0. The van der Waals surface area contributed by atoms with Gasteiger partial charge in [-0.1, -0.05) is 164 Å². The molecule has 1 aromatic heterocycles. The molecule has 0 aliphatic carbocycles. The third-order valence-corrected chi connectivity index (χ3v) is 9.49. The van der Waals surface area contributed by atoms with Crippen molar-refractivity contribution in [1.82, 2.24) is 0 Å². The zero-order valence-corrected chi connectivity index (χ0v) is 26.1. The van der Waals surface area contributed by atoms with Crippen molar-refractivity contribution in [2.75, 3.05) is 0 Å². The summed E-state index contributed by atoms with van der Waals surface area (Å²) < 4.78 is 80.4. The van der Waals surface area contributed by atoms with Crippen LogP contribution >= 0.6 is 0 Å². The lowest BCUT2D eigenvalue weighted by Crippen LogP contribution is -1.91. The molecule has 0 bridgehead atoms. The lowest BCUT2D eigenvalue weighted by molar-refractivity contribution is 0.633. The van der Waals surface area contributed by atoms with E-state index >= 15 is 0 Å². The Kier molecular flexibility index (Phi) is 4.69. The van der Waals surface area contributed by atoms with Crippen LogP contribution < -0.4 is 0 Å². The van der Waals surface area contributed by atoms with Gasteiger partial charge in [0, 0.05) is 22.1 Å². The van der Waals surface area contributed by atoms with Crippen molar-refractivity contribution in [3.05, 3.63) is 182 Å². The molecule has 0 saturated heterocycles. The van der Waals surface area contributed by atoms with Crippen LogP contribution in [0.25, 0.3) is 98.8 Å². The molecule has 0 aliphatic heterocycles. The summed E-state index contributed by atoms with van der Waals surface area (Å²) in [6.45, 7) is 0. The van der Waals surface area contributed by atoms with Gasteiger partial charge >= 0.3 is 0 Å². The molecule has 0 aliphatic rings. The Morgan fingerprint density at radius 2 is 0.898 bits per heavy atom. The number of rotatable bonds is 4. The Morgan fingerprint density at radius 1 is 0.347 bits per heavy atom. The van der Waals surface area contributed by atoms with E-state index in [-0.39, 0.29) is 51.3 Å². The molecule has 10 aromatic rings. The predicted octanol–water partition coefficient (Wildman–Crippen LogP) is 13.7. The molecule has 1 heteroatoms. The van der Waals surface area contributed by atoms with E-state index in [9.17, 15) is 5.48 Å². The minimum Gasteiger partial charge on any atom is -0.455 e. The van der Waals surface area contributed by atoms with Crippen molar-refractivity contribution in [3.8, 4) is 44.7 Å². The third-order valence-electron chi connectivity index (χ3n) is 9.49. The van der Waals surface area contributed by atoms with Crippen LogP contribution in [0.15, 0.2) is 186 Å². The normalized spacial score (nSPS) is 14.0. The Balaban J connectivity index is 1.46. The highest BCUT2D eigenvalue weighted by atomic mass is 16.3. The first-order chi connectivity index (χ1) is 27.6. The van der Waals surface area contributed by atoms with E-state index < -0.39 is 24.2 Å². The molecule has 228 valence electrons. The van der Waals surface area contributed by atoms with E-state index in [1.165, 1.54) is 0 Å². The van der Waals surface area contributed by atoms with Gasteiger partial charge in [-0.2, -0.15) is 0 Å². The van der Waals surface area contributed by atoms with Crippen LogP contribution in [0.3, 0.4) is 0 Å². The van der Waals surface area contributed by atoms with Gasteiger partial charge in [-0.05, 0) is 83.5 Å². The van der Waals surface area contributed by atoms with Crippen molar-refractivity contribution in [3.63, 3.8) is 0 Å². The zero-order chi connectivity index (χ0) is 39.3. The summed E-state index contributed by atoms with van der Waals surface area (Å²) in [5.41, 5.74) is 4.66. The lowest BCUT2D eigenvalue weighted by atomic mass is 9.84. The Hall–Kier alpha value is -6.44. The average Bonchev–Trinajstić information content (AvgIpc) is 3.64. The molecule has 0 N–H and O–H groups in total. The van der Waals surface area contributed by atoms with E-state index in [1.807, 2.05) is 78.9 Å². The van der Waals surface area contributed by atoms with E-state index in [4.69, 9.17) is 9.90 Å². The minimum atomic E-state index is -0.453. The van der Waals surface area contributed by atoms with Crippen molar-refractivity contribution in [2.24, 2.45) is 0 Å². The molecule has 1 nitrogen and oxygen atoms in total. The van der Waals surface area contributed by atoms with Crippen LogP contribution in [0.5, 0.6) is 0 Å². The van der Waals surface area contributed by atoms with Crippen LogP contribution in [0, 0.1) is 0 Å². The predicted molar refractivity (Wildman–Crippen MR) is 208 cm³/mol. The molecule has 1 heterocycles. The number of furan rings is 1. The van der Waals surface area contributed by atoms with E-state index in [0.717, 1.165) is 32.7 Å². The van der Waals surface area contributed by atoms with Crippen LogP contribution in [0.2, 0.25) is 0 Å². The standard InChI is InChI=1S/C48H30O/c1-3-13-31(14-4-1)35-27-28-42-44(30-35)49-48(36-26-25-33-24-23-32-15-7-8-18-37(32)43(33)29-36)47(42)46-40-21-11-9-19-38(40)45(34-16-5-2-6-17-34)39-20-10-12-22-41(39)46/h1-30H/i9D,10D,11D,12D,19D,20D,21D,22D. The van der Waals surface area contributed by atoms with Crippen LogP contribution in [-0.4, -0.2) is 0 Å². The SMILES string of the molecule is [2H]c1c([2H])c([2H])c2c(-c3c(-c4ccc5ccc6ccccc6c5c4)oc4cc(-c5ccccc5)ccc34)c3c([2H])c([2H])c([2H])c([2H])c3c(-c3ccccc3)c2c1[2H]. The number of hydrogen-bond donors (Lipinski definition) is 0. The topological polar surface area (TPSA) is 13.1 Å². The van der Waals surface area contributed by atoms with Crippen LogP contribution in [0.1, 0.15) is 11.0 Å². The molecule has 0 atom stereocenters. The second-order valence-corrected chi connectivity index (χ2v) is 12.2. The summed E-state index contributed by atoms with van der Waals surface area (Å²) in [7, 11) is 0. The number of hydrogen-bond acceptors (Lipinski definition) is 1. The van der Waals surface area contributed by atoms with Crippen molar-refractivity contribution in [1.29, 1.82) is 0 Å². The molecule has 0 amide bonds. The molecule has 0 saturated carbocycles. The summed E-state index contributed by atoms with van der Waals surface area (Å²) in [5, 5.41) is 5.34. The smallest absolute Gasteiger partial charge is 0.143 e. The first-order valence-electron chi connectivity index (χ1n) is 20.2. The number of benzene rings is 9. The Bertz CT molecular complexity index is 3240. The molecular formula is C48H30O. The summed E-state index contributed by atoms with van der Waals surface area (Å²) in [5.74, 6) is 0.403. The summed E-state index contributed by atoms with van der Waals surface area (Å²) in [6.07, 6.45) is 0. The fourth-order valence-electron chi connectivity index (χ4n) is 7.27. The van der Waals surface area contributed by atoms with Gasteiger partial charge in [-0.25, -0.2) is 0 Å². The lowest BCUT2D eigenvalue weighted by Gasteiger charge is -2.18. The third kappa shape index (κ3) is 4.40. The average molecular weight is 631 g/mol. The maximum atomic E-state index is 9.54. The van der Waals surface area contributed by atoms with Crippen molar-refractivity contribution in [2.45, 2.75) is 0 Å². The van der Waals surface area contributed by atoms with Gasteiger partial charge < -0.3 is 4.42 Å². The highest BCUT2D eigenvalue weighted by Crippen LogP contribution is 2.50. The molecular weight excluding hydrogens is 593 g/mol. The Morgan fingerprint density at radius 3 is 1.59 bits per heavy atom. The maximum Gasteiger partial charge on any atom is 0.143 e. The number of fused-ring (bicyclic) bond motifs is 6. The fraction of sp³-hybridized carbons (Fsp3) is 0. The van der Waals surface area contributed by atoms with Gasteiger partial charge in [0.05, 0.1) is 11.0 Å². The molecule has 0 fully saturated rings. The van der Waals surface area contributed by atoms with Gasteiger partial charge in [0.15, 0.2) is 0 Å². The summed E-state index contributed by atoms with van der Waals surface area (Å²) in [6, 6.07) is 40.0. The molecule has 0 unspecified atom stereocenters. The quantitative estimate of drug-likeness (QED) is 0.139. The zero-order valence-electron chi connectivity index (χ0n) is 34.1. The van der Waals surface area contributed by atoms with Crippen LogP contribution in [0.4, 0.5) is 0 Å². The largest absolute Gasteiger partial charge is 0.455 e. The highest BCUT2D eigenvalue weighted by Gasteiger charge is 2.24. The molecule has 10 rings (SSSR count). The maximum absolute atomic E-state index is 9.54. The fourth-order valence-corrected chi connectivity index (χ4v) is 7.27.